The summed E-state index contributed by atoms with van der Waals surface area (Å²) in [5.74, 6) is 4.48. The summed E-state index contributed by atoms with van der Waals surface area (Å²) < 4.78 is 2.36. The van der Waals surface area contributed by atoms with Crippen LogP contribution in [0, 0.1) is 24.7 Å². The first-order valence-electron chi connectivity index (χ1n) is 8.13. The first-order chi connectivity index (χ1) is 10.3. The molecule has 0 saturated heterocycles. The lowest BCUT2D eigenvalue weighted by atomic mass is 9.89. The van der Waals surface area contributed by atoms with E-state index < -0.39 is 0 Å². The van der Waals surface area contributed by atoms with Gasteiger partial charge in [0.25, 0.3) is 0 Å². The van der Waals surface area contributed by atoms with E-state index in [1.807, 2.05) is 12.3 Å². The molecule has 4 heteroatoms. The summed E-state index contributed by atoms with van der Waals surface area (Å²) in [6.45, 7) is 3.20. The number of alkyl halides is 1. The quantitative estimate of drug-likeness (QED) is 0.801. The fraction of sp³-hybridized carbons (Fsp3) is 0.647. The van der Waals surface area contributed by atoms with Gasteiger partial charge >= 0.3 is 0 Å². The summed E-state index contributed by atoms with van der Waals surface area (Å²) in [7, 11) is 0. The van der Waals surface area contributed by atoms with Gasteiger partial charge in [-0.25, -0.2) is 9.97 Å². The zero-order valence-corrected chi connectivity index (χ0v) is 13.3. The summed E-state index contributed by atoms with van der Waals surface area (Å²) in [6.07, 6.45) is 8.47. The maximum absolute atomic E-state index is 5.98. The monoisotopic (exact) mass is 303 g/mol. The molecule has 0 spiro atoms. The number of imidazole rings is 1. The molecule has 3 nitrogen and oxygen atoms in total. The van der Waals surface area contributed by atoms with E-state index in [1.54, 1.807) is 0 Å². The molecule has 21 heavy (non-hydrogen) atoms. The summed E-state index contributed by atoms with van der Waals surface area (Å²) in [4.78, 5) is 9.43. The summed E-state index contributed by atoms with van der Waals surface area (Å²) in [6, 6.07) is 2.04. The van der Waals surface area contributed by atoms with Gasteiger partial charge in [0.2, 0.25) is 0 Å². The number of nitrogens with zero attached hydrogens (tertiary/aromatic N) is 3. The van der Waals surface area contributed by atoms with Gasteiger partial charge in [0, 0.05) is 25.0 Å². The van der Waals surface area contributed by atoms with Crippen LogP contribution in [0.25, 0.3) is 11.2 Å². The van der Waals surface area contributed by atoms with E-state index in [4.69, 9.17) is 16.6 Å². The van der Waals surface area contributed by atoms with Gasteiger partial charge in [0.1, 0.15) is 11.3 Å². The average molecular weight is 304 g/mol. The smallest absolute Gasteiger partial charge is 0.160 e. The standard InChI is InChI=1S/C17H22ClN3/c1-11-5-7-19-17-16(11)20-15(4-6-18)21(17)10-14-9-12-2-3-13(14)8-12/h5,7,12-14H,2-4,6,8-10H2,1H3. The molecule has 2 aromatic heterocycles. The minimum atomic E-state index is 0.624. The van der Waals surface area contributed by atoms with Gasteiger partial charge in [-0.1, -0.05) is 6.42 Å². The first-order valence-corrected chi connectivity index (χ1v) is 8.66. The molecule has 2 saturated carbocycles. The highest BCUT2D eigenvalue weighted by molar-refractivity contribution is 6.17. The molecule has 2 aliphatic carbocycles. The van der Waals surface area contributed by atoms with E-state index in [-0.39, 0.29) is 0 Å². The second kappa shape index (κ2) is 5.28. The van der Waals surface area contributed by atoms with Crippen LogP contribution >= 0.6 is 11.6 Å². The van der Waals surface area contributed by atoms with Gasteiger partial charge in [-0.05, 0) is 55.6 Å². The highest BCUT2D eigenvalue weighted by Gasteiger charge is 2.39. The van der Waals surface area contributed by atoms with Gasteiger partial charge in [0.05, 0.1) is 0 Å². The predicted octanol–water partition coefficient (Wildman–Crippen LogP) is 3.96. The van der Waals surface area contributed by atoms with Crippen molar-refractivity contribution < 1.29 is 0 Å². The van der Waals surface area contributed by atoms with Crippen molar-refractivity contribution in [3.05, 3.63) is 23.7 Å². The largest absolute Gasteiger partial charge is 0.312 e. The number of halogens is 1. The van der Waals surface area contributed by atoms with Gasteiger partial charge in [0.15, 0.2) is 5.65 Å². The SMILES string of the molecule is Cc1ccnc2c1nc(CCCl)n2CC1CC2CCC1C2. The van der Waals surface area contributed by atoms with E-state index >= 15 is 0 Å². The third kappa shape index (κ3) is 2.26. The Labute approximate surface area is 130 Å². The van der Waals surface area contributed by atoms with Crippen LogP contribution in [-0.2, 0) is 13.0 Å². The highest BCUT2D eigenvalue weighted by Crippen LogP contribution is 2.49. The van der Waals surface area contributed by atoms with Crippen LogP contribution in [0.15, 0.2) is 12.3 Å². The predicted molar refractivity (Wildman–Crippen MR) is 85.6 cm³/mol. The molecule has 0 radical (unpaired) electrons. The van der Waals surface area contributed by atoms with Crippen molar-refractivity contribution in [3.63, 3.8) is 0 Å². The molecule has 2 heterocycles. The topological polar surface area (TPSA) is 30.7 Å². The Morgan fingerprint density at radius 3 is 2.95 bits per heavy atom. The number of hydrogen-bond acceptors (Lipinski definition) is 2. The van der Waals surface area contributed by atoms with E-state index in [2.05, 4.69) is 16.5 Å². The first kappa shape index (κ1) is 13.6. The molecule has 4 rings (SSSR count). The fourth-order valence-corrected chi connectivity index (χ4v) is 4.65. The van der Waals surface area contributed by atoms with Gasteiger partial charge in [-0.3, -0.25) is 0 Å². The minimum absolute atomic E-state index is 0.624. The Bertz CT molecular complexity index is 663. The Balaban J connectivity index is 1.72. The molecule has 0 N–H and O–H groups in total. The van der Waals surface area contributed by atoms with E-state index in [1.165, 1.54) is 31.2 Å². The molecule has 3 atom stereocenters. The minimum Gasteiger partial charge on any atom is -0.312 e. The third-order valence-corrected chi connectivity index (χ3v) is 5.72. The molecule has 0 amide bonds. The molecule has 2 fully saturated rings. The fourth-order valence-electron chi connectivity index (χ4n) is 4.49. The van der Waals surface area contributed by atoms with Gasteiger partial charge in [-0.15, -0.1) is 11.6 Å². The van der Waals surface area contributed by atoms with Crippen LogP contribution in [0.5, 0.6) is 0 Å². The number of hydrogen-bond donors (Lipinski definition) is 0. The number of fused-ring (bicyclic) bond motifs is 3. The van der Waals surface area contributed by atoms with E-state index in [0.29, 0.717) is 5.88 Å². The molecule has 2 bridgehead atoms. The van der Waals surface area contributed by atoms with Gasteiger partial charge in [-0.2, -0.15) is 0 Å². The number of aryl methyl sites for hydroxylation is 2. The molecule has 112 valence electrons. The Morgan fingerprint density at radius 2 is 2.24 bits per heavy atom. The Morgan fingerprint density at radius 1 is 1.33 bits per heavy atom. The lowest BCUT2D eigenvalue weighted by Crippen LogP contribution is -2.19. The molecular formula is C17H22ClN3. The lowest BCUT2D eigenvalue weighted by Gasteiger charge is -2.23. The van der Waals surface area contributed by atoms with E-state index in [0.717, 1.165) is 47.7 Å². The van der Waals surface area contributed by atoms with Crippen LogP contribution in [0.2, 0.25) is 0 Å². The van der Waals surface area contributed by atoms with Crippen LogP contribution < -0.4 is 0 Å². The number of pyridine rings is 1. The zero-order valence-electron chi connectivity index (χ0n) is 12.6. The van der Waals surface area contributed by atoms with Crippen LogP contribution in [0.1, 0.15) is 37.1 Å². The van der Waals surface area contributed by atoms with E-state index in [9.17, 15) is 0 Å². The van der Waals surface area contributed by atoms with Crippen molar-refractivity contribution in [2.75, 3.05) is 5.88 Å². The Kier molecular flexibility index (Phi) is 3.41. The number of aromatic nitrogens is 3. The maximum atomic E-state index is 5.98. The highest BCUT2D eigenvalue weighted by atomic mass is 35.5. The maximum Gasteiger partial charge on any atom is 0.160 e. The average Bonchev–Trinajstić information content (AvgIpc) is 3.16. The zero-order chi connectivity index (χ0) is 14.4. The third-order valence-electron chi connectivity index (χ3n) is 5.53. The van der Waals surface area contributed by atoms with Crippen molar-refractivity contribution in [1.29, 1.82) is 0 Å². The van der Waals surface area contributed by atoms with Crippen LogP contribution in [0.3, 0.4) is 0 Å². The Hall–Kier alpha value is -1.09. The van der Waals surface area contributed by atoms with Crippen molar-refractivity contribution in [2.45, 2.75) is 45.6 Å². The van der Waals surface area contributed by atoms with Crippen LogP contribution in [-0.4, -0.2) is 20.4 Å². The molecular weight excluding hydrogens is 282 g/mol. The van der Waals surface area contributed by atoms with Crippen molar-refractivity contribution in [3.8, 4) is 0 Å². The number of rotatable bonds is 4. The van der Waals surface area contributed by atoms with Crippen molar-refractivity contribution in [2.24, 2.45) is 17.8 Å². The molecule has 2 aromatic rings. The van der Waals surface area contributed by atoms with Crippen molar-refractivity contribution in [1.82, 2.24) is 14.5 Å². The summed E-state index contributed by atoms with van der Waals surface area (Å²) >= 11 is 5.98. The second-order valence-corrected chi connectivity index (χ2v) is 7.19. The molecule has 2 aliphatic rings. The summed E-state index contributed by atoms with van der Waals surface area (Å²) in [5, 5.41) is 0. The molecule has 3 unspecified atom stereocenters. The molecule has 0 aromatic carbocycles. The van der Waals surface area contributed by atoms with Gasteiger partial charge < -0.3 is 4.57 Å². The van der Waals surface area contributed by atoms with Crippen LogP contribution in [0.4, 0.5) is 0 Å². The summed E-state index contributed by atoms with van der Waals surface area (Å²) in [5.41, 5.74) is 3.32. The normalized spacial score (nSPS) is 27.8. The second-order valence-electron chi connectivity index (χ2n) is 6.81. The van der Waals surface area contributed by atoms with Crippen molar-refractivity contribution >= 4 is 22.8 Å². The molecule has 0 aliphatic heterocycles. The lowest BCUT2D eigenvalue weighted by molar-refractivity contribution is 0.295.